The van der Waals surface area contributed by atoms with Crippen molar-refractivity contribution in [3.05, 3.63) is 54.0 Å². The van der Waals surface area contributed by atoms with E-state index in [1.165, 1.54) is 19.4 Å². The van der Waals surface area contributed by atoms with E-state index in [-0.39, 0.29) is 5.91 Å². The van der Waals surface area contributed by atoms with E-state index in [0.29, 0.717) is 43.3 Å². The molecule has 2 aromatic rings. The molecular formula is C19H20N2O5. The number of hydrogen-bond acceptors (Lipinski definition) is 6. The first kappa shape index (κ1) is 17.8. The molecule has 2 heterocycles. The second-order valence-electron chi connectivity index (χ2n) is 5.66. The molecule has 7 heteroatoms. The molecule has 0 atom stereocenters. The van der Waals surface area contributed by atoms with Crippen LogP contribution >= 0.6 is 0 Å². The summed E-state index contributed by atoms with van der Waals surface area (Å²) in [7, 11) is 1.32. The number of rotatable bonds is 5. The zero-order valence-corrected chi connectivity index (χ0v) is 14.4. The van der Waals surface area contributed by atoms with Gasteiger partial charge in [-0.15, -0.1) is 0 Å². The first-order valence-corrected chi connectivity index (χ1v) is 8.25. The van der Waals surface area contributed by atoms with E-state index in [2.05, 4.69) is 10.2 Å². The van der Waals surface area contributed by atoms with Crippen molar-refractivity contribution in [1.29, 1.82) is 0 Å². The fourth-order valence-corrected chi connectivity index (χ4v) is 2.68. The number of benzene rings is 1. The molecular weight excluding hydrogens is 336 g/mol. The summed E-state index contributed by atoms with van der Waals surface area (Å²) in [4.78, 5) is 26.2. The van der Waals surface area contributed by atoms with Crippen molar-refractivity contribution < 1.29 is 23.5 Å². The third kappa shape index (κ3) is 4.31. The van der Waals surface area contributed by atoms with Gasteiger partial charge in [-0.05, 0) is 36.4 Å². The van der Waals surface area contributed by atoms with Crippen molar-refractivity contribution in [2.24, 2.45) is 0 Å². The summed E-state index contributed by atoms with van der Waals surface area (Å²) in [6.45, 7) is 2.65. The molecule has 1 aliphatic rings. The van der Waals surface area contributed by atoms with Crippen LogP contribution in [-0.4, -0.2) is 45.3 Å². The van der Waals surface area contributed by atoms with E-state index >= 15 is 0 Å². The number of methoxy groups -OCH3 is 1. The maximum Gasteiger partial charge on any atom is 0.337 e. The fraction of sp³-hybridized carbons (Fsp3) is 0.263. The van der Waals surface area contributed by atoms with E-state index in [1.807, 2.05) is 6.07 Å². The van der Waals surface area contributed by atoms with Crippen LogP contribution in [0.4, 0.5) is 11.4 Å². The number of ether oxygens (including phenoxy) is 2. The van der Waals surface area contributed by atoms with Crippen molar-refractivity contribution in [3.8, 4) is 0 Å². The topological polar surface area (TPSA) is 81.0 Å². The second kappa shape index (κ2) is 8.35. The number of carbonyl (C=O) groups is 2. The van der Waals surface area contributed by atoms with Gasteiger partial charge in [0.15, 0.2) is 0 Å². The average Bonchev–Trinajstić information content (AvgIpc) is 3.20. The van der Waals surface area contributed by atoms with E-state index < -0.39 is 5.97 Å². The third-order valence-corrected chi connectivity index (χ3v) is 3.97. The van der Waals surface area contributed by atoms with Crippen molar-refractivity contribution >= 4 is 29.3 Å². The van der Waals surface area contributed by atoms with Crippen LogP contribution in [0.5, 0.6) is 0 Å². The maximum atomic E-state index is 12.3. The van der Waals surface area contributed by atoms with Gasteiger partial charge in [-0.1, -0.05) is 0 Å². The Bertz CT molecular complexity index is 792. The monoisotopic (exact) mass is 356 g/mol. The van der Waals surface area contributed by atoms with Gasteiger partial charge in [-0.25, -0.2) is 4.79 Å². The predicted octanol–water partition coefficient (Wildman–Crippen LogP) is 2.55. The summed E-state index contributed by atoms with van der Waals surface area (Å²) < 4.78 is 15.3. The van der Waals surface area contributed by atoms with Gasteiger partial charge in [0.1, 0.15) is 5.76 Å². The number of hydrogen-bond donors (Lipinski definition) is 1. The highest BCUT2D eigenvalue weighted by molar-refractivity contribution is 6.04. The van der Waals surface area contributed by atoms with Crippen LogP contribution in [0, 0.1) is 0 Å². The van der Waals surface area contributed by atoms with Gasteiger partial charge in [-0.2, -0.15) is 0 Å². The smallest absolute Gasteiger partial charge is 0.337 e. The van der Waals surface area contributed by atoms with Crippen LogP contribution in [0.25, 0.3) is 6.08 Å². The summed E-state index contributed by atoms with van der Waals surface area (Å²) in [6.07, 6.45) is 4.49. The number of furan rings is 1. The van der Waals surface area contributed by atoms with Gasteiger partial charge in [0, 0.05) is 19.2 Å². The van der Waals surface area contributed by atoms with Crippen molar-refractivity contribution in [1.82, 2.24) is 0 Å². The van der Waals surface area contributed by atoms with Gasteiger partial charge in [0.05, 0.1) is 43.5 Å². The summed E-state index contributed by atoms with van der Waals surface area (Å²) in [5.74, 6) is -0.199. The number of amides is 1. The molecule has 3 rings (SSSR count). The molecule has 1 aromatic heterocycles. The molecule has 0 unspecified atom stereocenters. The van der Waals surface area contributed by atoms with Gasteiger partial charge in [0.25, 0.3) is 0 Å². The third-order valence-electron chi connectivity index (χ3n) is 3.97. The van der Waals surface area contributed by atoms with E-state index in [4.69, 9.17) is 13.9 Å². The number of esters is 1. The second-order valence-corrected chi connectivity index (χ2v) is 5.66. The highest BCUT2D eigenvalue weighted by Crippen LogP contribution is 2.28. The van der Waals surface area contributed by atoms with Gasteiger partial charge in [0.2, 0.25) is 5.91 Å². The number of nitrogens with one attached hydrogen (secondary N) is 1. The summed E-state index contributed by atoms with van der Waals surface area (Å²) >= 11 is 0. The Kier molecular flexibility index (Phi) is 5.70. The Morgan fingerprint density at radius 3 is 2.73 bits per heavy atom. The number of morpholine rings is 1. The van der Waals surface area contributed by atoms with Crippen molar-refractivity contribution in [2.45, 2.75) is 0 Å². The summed E-state index contributed by atoms with van der Waals surface area (Å²) in [6, 6.07) is 8.61. The lowest BCUT2D eigenvalue weighted by atomic mass is 10.1. The molecule has 1 aromatic carbocycles. The minimum absolute atomic E-state index is 0.321. The van der Waals surface area contributed by atoms with Crippen LogP contribution in [0.15, 0.2) is 47.1 Å². The molecule has 1 fully saturated rings. The molecule has 1 amide bonds. The number of nitrogens with zero attached hydrogens (tertiary/aromatic N) is 1. The quantitative estimate of drug-likeness (QED) is 0.655. The number of carbonyl (C=O) groups excluding carboxylic acids is 2. The summed E-state index contributed by atoms with van der Waals surface area (Å²) in [5.41, 5.74) is 1.75. The maximum absolute atomic E-state index is 12.3. The van der Waals surface area contributed by atoms with E-state index in [9.17, 15) is 9.59 Å². The lowest BCUT2D eigenvalue weighted by Gasteiger charge is -2.30. The van der Waals surface area contributed by atoms with Crippen LogP contribution in [0.2, 0.25) is 0 Å². The van der Waals surface area contributed by atoms with Gasteiger partial charge < -0.3 is 24.1 Å². The standard InChI is InChI=1S/C19H20N2O5/c1-24-19(23)14-4-6-17(21-8-11-25-12-9-21)16(13-14)20-18(22)7-5-15-3-2-10-26-15/h2-7,10,13H,8-9,11-12H2,1H3,(H,20,22). The highest BCUT2D eigenvalue weighted by Gasteiger charge is 2.18. The molecule has 1 saturated heterocycles. The Balaban J connectivity index is 1.83. The highest BCUT2D eigenvalue weighted by atomic mass is 16.5. The molecule has 136 valence electrons. The normalized spacial score (nSPS) is 14.4. The molecule has 0 radical (unpaired) electrons. The zero-order chi connectivity index (χ0) is 18.4. The SMILES string of the molecule is COC(=O)c1ccc(N2CCOCC2)c(NC(=O)C=Cc2ccco2)c1. The van der Waals surface area contributed by atoms with Gasteiger partial charge >= 0.3 is 5.97 Å². The van der Waals surface area contributed by atoms with E-state index in [0.717, 1.165) is 5.69 Å². The van der Waals surface area contributed by atoms with Gasteiger partial charge in [-0.3, -0.25) is 4.79 Å². The Morgan fingerprint density at radius 1 is 1.23 bits per heavy atom. The van der Waals surface area contributed by atoms with Crippen LogP contribution in [0.1, 0.15) is 16.1 Å². The van der Waals surface area contributed by atoms with Crippen molar-refractivity contribution in [3.63, 3.8) is 0 Å². The minimum atomic E-state index is -0.458. The van der Waals surface area contributed by atoms with Crippen LogP contribution in [-0.2, 0) is 14.3 Å². The fourth-order valence-electron chi connectivity index (χ4n) is 2.68. The summed E-state index contributed by atoms with van der Waals surface area (Å²) in [5, 5.41) is 2.83. The molecule has 26 heavy (non-hydrogen) atoms. The first-order chi connectivity index (χ1) is 12.7. The molecule has 0 bridgehead atoms. The Labute approximate surface area is 151 Å². The van der Waals surface area contributed by atoms with Crippen LogP contribution in [0.3, 0.4) is 0 Å². The lowest BCUT2D eigenvalue weighted by molar-refractivity contribution is -0.111. The Morgan fingerprint density at radius 2 is 2.04 bits per heavy atom. The zero-order valence-electron chi connectivity index (χ0n) is 14.4. The number of anilines is 2. The lowest BCUT2D eigenvalue weighted by Crippen LogP contribution is -2.36. The average molecular weight is 356 g/mol. The van der Waals surface area contributed by atoms with Crippen LogP contribution < -0.4 is 10.2 Å². The molecule has 1 aliphatic heterocycles. The molecule has 0 spiro atoms. The molecule has 7 nitrogen and oxygen atoms in total. The molecule has 1 N–H and O–H groups in total. The molecule has 0 aliphatic carbocycles. The molecule has 0 saturated carbocycles. The Hall–Kier alpha value is -3.06. The minimum Gasteiger partial charge on any atom is -0.465 e. The van der Waals surface area contributed by atoms with E-state index in [1.54, 1.807) is 30.3 Å². The largest absolute Gasteiger partial charge is 0.465 e. The van der Waals surface area contributed by atoms with Crippen molar-refractivity contribution in [2.75, 3.05) is 43.6 Å². The predicted molar refractivity (Wildman–Crippen MR) is 97.2 cm³/mol. The first-order valence-electron chi connectivity index (χ1n) is 8.25.